The van der Waals surface area contributed by atoms with Gasteiger partial charge in [0.15, 0.2) is 0 Å². The van der Waals surface area contributed by atoms with Crippen LogP contribution in [0, 0.1) is 5.92 Å². The van der Waals surface area contributed by atoms with Gasteiger partial charge in [0, 0.05) is 31.4 Å². The van der Waals surface area contributed by atoms with Gasteiger partial charge in [-0.25, -0.2) is 4.98 Å². The van der Waals surface area contributed by atoms with E-state index in [0.29, 0.717) is 24.8 Å². The third kappa shape index (κ3) is 3.92. The molecule has 2 aromatic rings. The quantitative estimate of drug-likeness (QED) is 0.939. The molecule has 1 aromatic heterocycles. The molecule has 4 nitrogen and oxygen atoms in total. The lowest BCUT2D eigenvalue weighted by Gasteiger charge is -2.21. The molecule has 2 heterocycles. The van der Waals surface area contributed by atoms with Gasteiger partial charge in [-0.2, -0.15) is 0 Å². The SMILES string of the molecule is O=C(CC1CCCOC1)Nc1ccc(-c2ccccc2)cn1. The predicted molar refractivity (Wildman–Crippen MR) is 86.5 cm³/mol. The molecular weight excluding hydrogens is 276 g/mol. The summed E-state index contributed by atoms with van der Waals surface area (Å²) >= 11 is 0. The second kappa shape index (κ2) is 7.18. The van der Waals surface area contributed by atoms with Crippen LogP contribution in [0.2, 0.25) is 0 Å². The third-order valence-corrected chi connectivity index (χ3v) is 3.87. The zero-order chi connectivity index (χ0) is 15.2. The summed E-state index contributed by atoms with van der Waals surface area (Å²) in [7, 11) is 0. The van der Waals surface area contributed by atoms with Gasteiger partial charge in [0.25, 0.3) is 0 Å². The number of rotatable bonds is 4. The Morgan fingerprint density at radius 3 is 2.73 bits per heavy atom. The van der Waals surface area contributed by atoms with Crippen molar-refractivity contribution in [1.82, 2.24) is 4.98 Å². The van der Waals surface area contributed by atoms with Crippen LogP contribution in [0.1, 0.15) is 19.3 Å². The first-order valence-electron chi connectivity index (χ1n) is 7.70. The number of ether oxygens (including phenoxy) is 1. The van der Waals surface area contributed by atoms with Gasteiger partial charge < -0.3 is 10.1 Å². The fourth-order valence-electron chi connectivity index (χ4n) is 2.69. The summed E-state index contributed by atoms with van der Waals surface area (Å²) < 4.78 is 5.40. The molecule has 1 fully saturated rings. The first-order chi connectivity index (χ1) is 10.8. The summed E-state index contributed by atoms with van der Waals surface area (Å²) in [6, 6.07) is 13.9. The van der Waals surface area contributed by atoms with E-state index in [2.05, 4.69) is 10.3 Å². The van der Waals surface area contributed by atoms with Gasteiger partial charge in [-0.15, -0.1) is 0 Å². The molecule has 1 atom stereocenters. The lowest BCUT2D eigenvalue weighted by atomic mass is 9.98. The van der Waals surface area contributed by atoms with Crippen LogP contribution in [0.3, 0.4) is 0 Å². The largest absolute Gasteiger partial charge is 0.381 e. The van der Waals surface area contributed by atoms with Crippen molar-refractivity contribution in [3.63, 3.8) is 0 Å². The summed E-state index contributed by atoms with van der Waals surface area (Å²) in [5.41, 5.74) is 2.16. The molecule has 1 aliphatic heterocycles. The lowest BCUT2D eigenvalue weighted by Crippen LogP contribution is -2.23. The molecule has 1 N–H and O–H groups in total. The van der Waals surface area contributed by atoms with E-state index in [4.69, 9.17) is 4.74 Å². The number of aromatic nitrogens is 1. The maximum Gasteiger partial charge on any atom is 0.225 e. The Kier molecular flexibility index (Phi) is 4.81. The van der Waals surface area contributed by atoms with E-state index >= 15 is 0 Å². The minimum atomic E-state index is 0.00969. The fourth-order valence-corrected chi connectivity index (χ4v) is 2.69. The Balaban J connectivity index is 1.57. The Bertz CT molecular complexity index is 605. The number of carbonyl (C=O) groups excluding carboxylic acids is 1. The van der Waals surface area contributed by atoms with Crippen molar-refractivity contribution in [2.75, 3.05) is 18.5 Å². The van der Waals surface area contributed by atoms with Crippen molar-refractivity contribution in [3.05, 3.63) is 48.7 Å². The first-order valence-corrected chi connectivity index (χ1v) is 7.70. The van der Waals surface area contributed by atoms with Crippen LogP contribution >= 0.6 is 0 Å². The number of anilines is 1. The van der Waals surface area contributed by atoms with E-state index in [1.54, 1.807) is 6.20 Å². The van der Waals surface area contributed by atoms with Crippen molar-refractivity contribution >= 4 is 11.7 Å². The normalized spacial score (nSPS) is 17.9. The molecule has 1 aliphatic rings. The molecule has 3 rings (SSSR count). The van der Waals surface area contributed by atoms with Gasteiger partial charge in [-0.05, 0) is 36.5 Å². The molecule has 4 heteroatoms. The molecule has 0 saturated carbocycles. The van der Waals surface area contributed by atoms with Crippen molar-refractivity contribution in [3.8, 4) is 11.1 Å². The average molecular weight is 296 g/mol. The van der Waals surface area contributed by atoms with Crippen molar-refractivity contribution in [2.24, 2.45) is 5.92 Å². The van der Waals surface area contributed by atoms with Crippen molar-refractivity contribution in [2.45, 2.75) is 19.3 Å². The third-order valence-electron chi connectivity index (χ3n) is 3.87. The van der Waals surface area contributed by atoms with Gasteiger partial charge in [-0.3, -0.25) is 4.79 Å². The molecule has 22 heavy (non-hydrogen) atoms. The molecule has 1 unspecified atom stereocenters. The van der Waals surface area contributed by atoms with E-state index in [-0.39, 0.29) is 5.91 Å². The minimum absolute atomic E-state index is 0.00969. The van der Waals surface area contributed by atoms with E-state index in [1.807, 2.05) is 42.5 Å². The summed E-state index contributed by atoms with van der Waals surface area (Å²) in [4.78, 5) is 16.4. The number of hydrogen-bond donors (Lipinski definition) is 1. The summed E-state index contributed by atoms with van der Waals surface area (Å²) in [5.74, 6) is 0.939. The van der Waals surface area contributed by atoms with E-state index < -0.39 is 0 Å². The van der Waals surface area contributed by atoms with Gasteiger partial charge in [-0.1, -0.05) is 30.3 Å². The molecular formula is C18H20N2O2. The number of carbonyl (C=O) groups is 1. The monoisotopic (exact) mass is 296 g/mol. The van der Waals surface area contributed by atoms with Crippen LogP contribution in [0.4, 0.5) is 5.82 Å². The maximum absolute atomic E-state index is 12.0. The molecule has 1 saturated heterocycles. The smallest absolute Gasteiger partial charge is 0.225 e. The van der Waals surface area contributed by atoms with E-state index in [9.17, 15) is 4.79 Å². The van der Waals surface area contributed by atoms with Gasteiger partial charge in [0.05, 0.1) is 0 Å². The number of pyridine rings is 1. The number of hydrogen-bond acceptors (Lipinski definition) is 3. The zero-order valence-electron chi connectivity index (χ0n) is 12.5. The number of benzene rings is 1. The van der Waals surface area contributed by atoms with Crippen LogP contribution in [-0.4, -0.2) is 24.1 Å². The summed E-state index contributed by atoms with van der Waals surface area (Å²) in [6.07, 6.45) is 4.40. The summed E-state index contributed by atoms with van der Waals surface area (Å²) in [6.45, 7) is 1.51. The Morgan fingerprint density at radius 2 is 2.05 bits per heavy atom. The van der Waals surface area contributed by atoms with Crippen LogP contribution in [0.25, 0.3) is 11.1 Å². The fraction of sp³-hybridized carbons (Fsp3) is 0.333. The Labute approximate surface area is 130 Å². The highest BCUT2D eigenvalue weighted by atomic mass is 16.5. The predicted octanol–water partition coefficient (Wildman–Crippen LogP) is 3.50. The number of amides is 1. The molecule has 0 radical (unpaired) electrons. The molecule has 114 valence electrons. The molecule has 0 bridgehead atoms. The zero-order valence-corrected chi connectivity index (χ0v) is 12.5. The van der Waals surface area contributed by atoms with Crippen LogP contribution in [0.15, 0.2) is 48.7 Å². The molecule has 0 spiro atoms. The highest BCUT2D eigenvalue weighted by Crippen LogP contribution is 2.20. The van der Waals surface area contributed by atoms with Crippen LogP contribution in [-0.2, 0) is 9.53 Å². The van der Waals surface area contributed by atoms with E-state index in [0.717, 1.165) is 30.6 Å². The lowest BCUT2D eigenvalue weighted by molar-refractivity contribution is -0.118. The Morgan fingerprint density at radius 1 is 1.18 bits per heavy atom. The summed E-state index contributed by atoms with van der Waals surface area (Å²) in [5, 5.41) is 2.86. The number of nitrogens with zero attached hydrogens (tertiary/aromatic N) is 1. The first kappa shape index (κ1) is 14.7. The van der Waals surface area contributed by atoms with Crippen molar-refractivity contribution in [1.29, 1.82) is 0 Å². The van der Waals surface area contributed by atoms with Crippen LogP contribution in [0.5, 0.6) is 0 Å². The minimum Gasteiger partial charge on any atom is -0.381 e. The highest BCUT2D eigenvalue weighted by Gasteiger charge is 2.17. The van der Waals surface area contributed by atoms with Gasteiger partial charge in [0.1, 0.15) is 5.82 Å². The molecule has 1 aromatic carbocycles. The van der Waals surface area contributed by atoms with Gasteiger partial charge >= 0.3 is 0 Å². The average Bonchev–Trinajstić information content (AvgIpc) is 2.57. The maximum atomic E-state index is 12.0. The Hall–Kier alpha value is -2.20. The molecule has 1 amide bonds. The van der Waals surface area contributed by atoms with E-state index in [1.165, 1.54) is 0 Å². The van der Waals surface area contributed by atoms with Crippen molar-refractivity contribution < 1.29 is 9.53 Å². The second-order valence-electron chi connectivity index (χ2n) is 5.63. The standard InChI is InChI=1S/C18H20N2O2/c21-18(11-14-5-4-10-22-13-14)20-17-9-8-16(12-19-17)15-6-2-1-3-7-15/h1-3,6-9,12,14H,4-5,10-11,13H2,(H,19,20,21). The van der Waals surface area contributed by atoms with Crippen LogP contribution < -0.4 is 5.32 Å². The topological polar surface area (TPSA) is 51.2 Å². The molecule has 0 aliphatic carbocycles. The van der Waals surface area contributed by atoms with Gasteiger partial charge in [0.2, 0.25) is 5.91 Å². The second-order valence-corrected chi connectivity index (χ2v) is 5.63. The highest BCUT2D eigenvalue weighted by molar-refractivity contribution is 5.90. The number of nitrogens with one attached hydrogen (secondary N) is 1.